The van der Waals surface area contributed by atoms with Crippen molar-refractivity contribution in [3.8, 4) is 0 Å². The van der Waals surface area contributed by atoms with Crippen LogP contribution in [0.1, 0.15) is 12.8 Å². The highest BCUT2D eigenvalue weighted by molar-refractivity contribution is 7.91. The van der Waals surface area contributed by atoms with E-state index in [4.69, 9.17) is 0 Å². The van der Waals surface area contributed by atoms with Gasteiger partial charge >= 0.3 is 0 Å². The van der Waals surface area contributed by atoms with Crippen molar-refractivity contribution in [1.82, 2.24) is 14.5 Å². The number of sulfonamides is 1. The lowest BCUT2D eigenvalue weighted by Crippen LogP contribution is -2.48. The number of hydrogen-bond donors (Lipinski definition) is 0. The molecule has 134 valence electrons. The smallest absolute Gasteiger partial charge is 0.252 e. The van der Waals surface area contributed by atoms with Gasteiger partial charge in [0.15, 0.2) is 11.6 Å². The van der Waals surface area contributed by atoms with Gasteiger partial charge in [0.2, 0.25) is 0 Å². The molecule has 25 heavy (non-hydrogen) atoms. The van der Waals surface area contributed by atoms with E-state index in [1.807, 2.05) is 12.1 Å². The molecule has 2 aromatic heterocycles. The summed E-state index contributed by atoms with van der Waals surface area (Å²) in [6.07, 6.45) is 2.42. The standard InChI is InChI=1S/C16H21N5O2S2/c22-25(23,16-4-3-13-24-16)21-11-9-20(10-12-21)15-6-5-14(17-18-15)19-7-1-2-8-19/h3-6,13H,1-2,7-12H2. The van der Waals surface area contributed by atoms with Crippen molar-refractivity contribution in [1.29, 1.82) is 0 Å². The maximum absolute atomic E-state index is 12.6. The molecule has 0 N–H and O–H groups in total. The molecule has 7 nitrogen and oxygen atoms in total. The molecule has 0 aliphatic carbocycles. The summed E-state index contributed by atoms with van der Waals surface area (Å²) in [5.74, 6) is 1.75. The molecule has 0 atom stereocenters. The van der Waals surface area contributed by atoms with Crippen LogP contribution in [0.3, 0.4) is 0 Å². The summed E-state index contributed by atoms with van der Waals surface area (Å²) in [7, 11) is -3.36. The molecule has 9 heteroatoms. The lowest BCUT2D eigenvalue weighted by Gasteiger charge is -2.34. The normalized spacial score (nSPS) is 19.5. The van der Waals surface area contributed by atoms with E-state index in [9.17, 15) is 8.42 Å². The second-order valence-corrected chi connectivity index (χ2v) is 9.38. The van der Waals surface area contributed by atoms with Crippen molar-refractivity contribution < 1.29 is 8.42 Å². The Morgan fingerprint density at radius 3 is 1.96 bits per heavy atom. The minimum atomic E-state index is -3.36. The van der Waals surface area contributed by atoms with Crippen molar-refractivity contribution >= 4 is 33.0 Å². The molecule has 4 rings (SSSR count). The number of rotatable bonds is 4. The summed E-state index contributed by atoms with van der Waals surface area (Å²) < 4.78 is 27.1. The Balaban J connectivity index is 1.40. The molecule has 0 unspecified atom stereocenters. The molecule has 2 aliphatic rings. The molecule has 2 saturated heterocycles. The first-order chi connectivity index (χ1) is 12.1. The van der Waals surface area contributed by atoms with E-state index in [2.05, 4.69) is 20.0 Å². The quantitative estimate of drug-likeness (QED) is 0.805. The van der Waals surface area contributed by atoms with Crippen LogP contribution in [0.15, 0.2) is 33.9 Å². The molecule has 2 aromatic rings. The largest absolute Gasteiger partial charge is 0.355 e. The molecule has 0 aromatic carbocycles. The minimum absolute atomic E-state index is 0.413. The van der Waals surface area contributed by atoms with Gasteiger partial charge in [-0.05, 0) is 36.4 Å². The second kappa shape index (κ2) is 6.89. The summed E-state index contributed by atoms with van der Waals surface area (Å²) in [6.45, 7) is 4.29. The fourth-order valence-electron chi connectivity index (χ4n) is 3.30. The zero-order chi connectivity index (χ0) is 17.3. The van der Waals surface area contributed by atoms with Crippen LogP contribution in [-0.2, 0) is 10.0 Å². The molecule has 0 spiro atoms. The Bertz CT molecular complexity index is 794. The van der Waals surface area contributed by atoms with Crippen molar-refractivity contribution in [2.75, 3.05) is 49.1 Å². The van der Waals surface area contributed by atoms with E-state index < -0.39 is 10.0 Å². The first-order valence-corrected chi connectivity index (χ1v) is 10.8. The molecule has 0 amide bonds. The van der Waals surface area contributed by atoms with Crippen LogP contribution >= 0.6 is 11.3 Å². The Morgan fingerprint density at radius 1 is 0.840 bits per heavy atom. The van der Waals surface area contributed by atoms with Gasteiger partial charge in [-0.2, -0.15) is 4.31 Å². The highest BCUT2D eigenvalue weighted by atomic mass is 32.2. The van der Waals surface area contributed by atoms with E-state index >= 15 is 0 Å². The number of aromatic nitrogens is 2. The Labute approximate surface area is 151 Å². The van der Waals surface area contributed by atoms with Gasteiger partial charge in [0.25, 0.3) is 10.0 Å². The third-order valence-electron chi connectivity index (χ3n) is 4.72. The molecule has 4 heterocycles. The fraction of sp³-hybridized carbons (Fsp3) is 0.500. The predicted molar refractivity (Wildman–Crippen MR) is 98.8 cm³/mol. The van der Waals surface area contributed by atoms with Crippen LogP contribution in [0.2, 0.25) is 0 Å². The summed E-state index contributed by atoms with van der Waals surface area (Å²) in [4.78, 5) is 4.35. The molecular weight excluding hydrogens is 358 g/mol. The van der Waals surface area contributed by atoms with Crippen molar-refractivity contribution in [3.63, 3.8) is 0 Å². The van der Waals surface area contributed by atoms with Gasteiger partial charge in [0.1, 0.15) is 4.21 Å². The van der Waals surface area contributed by atoms with Crippen molar-refractivity contribution in [3.05, 3.63) is 29.6 Å². The first-order valence-electron chi connectivity index (χ1n) is 8.52. The van der Waals surface area contributed by atoms with Gasteiger partial charge in [-0.25, -0.2) is 8.42 Å². The van der Waals surface area contributed by atoms with Gasteiger partial charge in [-0.15, -0.1) is 21.5 Å². The lowest BCUT2D eigenvalue weighted by molar-refractivity contribution is 0.384. The Kier molecular flexibility index (Phi) is 4.61. The van der Waals surface area contributed by atoms with E-state index in [-0.39, 0.29) is 0 Å². The van der Waals surface area contributed by atoms with Crippen LogP contribution in [0, 0.1) is 0 Å². The van der Waals surface area contributed by atoms with Crippen LogP contribution in [-0.4, -0.2) is 62.2 Å². The van der Waals surface area contributed by atoms with Crippen LogP contribution < -0.4 is 9.80 Å². The van der Waals surface area contributed by atoms with Gasteiger partial charge < -0.3 is 9.80 Å². The molecule has 0 bridgehead atoms. The fourth-order valence-corrected chi connectivity index (χ4v) is 5.86. The number of nitrogens with zero attached hydrogens (tertiary/aromatic N) is 5. The minimum Gasteiger partial charge on any atom is -0.355 e. The molecule has 2 fully saturated rings. The number of thiophene rings is 1. The summed E-state index contributed by atoms with van der Waals surface area (Å²) in [6, 6.07) is 7.44. The predicted octanol–water partition coefficient (Wildman–Crippen LogP) is 1.65. The summed E-state index contributed by atoms with van der Waals surface area (Å²) in [5.41, 5.74) is 0. The SMILES string of the molecule is O=S(=O)(c1cccs1)N1CCN(c2ccc(N3CCCC3)nn2)CC1. The Morgan fingerprint density at radius 2 is 1.44 bits per heavy atom. The number of piperazine rings is 1. The highest BCUT2D eigenvalue weighted by Crippen LogP contribution is 2.24. The van der Waals surface area contributed by atoms with Gasteiger partial charge in [-0.1, -0.05) is 6.07 Å². The van der Waals surface area contributed by atoms with E-state index in [1.54, 1.807) is 21.8 Å². The van der Waals surface area contributed by atoms with E-state index in [0.29, 0.717) is 30.4 Å². The lowest BCUT2D eigenvalue weighted by atomic mass is 10.3. The van der Waals surface area contributed by atoms with Crippen molar-refractivity contribution in [2.45, 2.75) is 17.1 Å². The first kappa shape index (κ1) is 16.7. The van der Waals surface area contributed by atoms with Crippen LogP contribution in [0.25, 0.3) is 0 Å². The zero-order valence-corrected chi connectivity index (χ0v) is 15.5. The maximum atomic E-state index is 12.6. The third kappa shape index (κ3) is 3.36. The Hall–Kier alpha value is -1.71. The second-order valence-electron chi connectivity index (χ2n) is 6.27. The van der Waals surface area contributed by atoms with Gasteiger partial charge in [-0.3, -0.25) is 0 Å². The average molecular weight is 380 g/mol. The number of hydrogen-bond acceptors (Lipinski definition) is 7. The summed E-state index contributed by atoms with van der Waals surface area (Å²) >= 11 is 1.26. The topological polar surface area (TPSA) is 69.6 Å². The molecular formula is C16H21N5O2S2. The van der Waals surface area contributed by atoms with E-state index in [1.165, 1.54) is 24.2 Å². The van der Waals surface area contributed by atoms with Crippen LogP contribution in [0.4, 0.5) is 11.6 Å². The summed E-state index contributed by atoms with van der Waals surface area (Å²) in [5, 5.41) is 10.5. The zero-order valence-electron chi connectivity index (χ0n) is 13.9. The third-order valence-corrected chi connectivity index (χ3v) is 7.99. The van der Waals surface area contributed by atoms with Crippen molar-refractivity contribution in [2.24, 2.45) is 0 Å². The van der Waals surface area contributed by atoms with Gasteiger partial charge in [0, 0.05) is 39.3 Å². The molecule has 0 saturated carbocycles. The molecule has 2 aliphatic heterocycles. The maximum Gasteiger partial charge on any atom is 0.252 e. The number of anilines is 2. The van der Waals surface area contributed by atoms with Crippen LogP contribution in [0.5, 0.6) is 0 Å². The van der Waals surface area contributed by atoms with E-state index in [0.717, 1.165) is 24.7 Å². The monoisotopic (exact) mass is 379 g/mol. The van der Waals surface area contributed by atoms with Gasteiger partial charge in [0.05, 0.1) is 0 Å². The highest BCUT2D eigenvalue weighted by Gasteiger charge is 2.29. The molecule has 0 radical (unpaired) electrons. The average Bonchev–Trinajstić information content (AvgIpc) is 3.36.